The van der Waals surface area contributed by atoms with Crippen LogP contribution in [-0.4, -0.2) is 15.6 Å². The summed E-state index contributed by atoms with van der Waals surface area (Å²) in [6.07, 6.45) is 1.71. The average Bonchev–Trinajstić information content (AvgIpc) is 2.76. The summed E-state index contributed by atoms with van der Waals surface area (Å²) in [4.78, 5) is 30.4. The minimum Gasteiger partial charge on any atom is -0.268 e. The van der Waals surface area contributed by atoms with E-state index < -0.39 is 17.3 Å². The summed E-state index contributed by atoms with van der Waals surface area (Å²) < 4.78 is 15.5. The van der Waals surface area contributed by atoms with Gasteiger partial charge in [-0.15, -0.1) is 0 Å². The van der Waals surface area contributed by atoms with Crippen LogP contribution in [-0.2, 0) is 4.79 Å². The Morgan fingerprint density at radius 3 is 2.40 bits per heavy atom. The van der Waals surface area contributed by atoms with Crippen molar-refractivity contribution >= 4 is 22.9 Å². The van der Waals surface area contributed by atoms with Crippen LogP contribution in [0, 0.1) is 5.82 Å². The van der Waals surface area contributed by atoms with Gasteiger partial charge in [-0.25, -0.2) is 9.37 Å². The molecule has 0 fully saturated rings. The molecule has 5 nitrogen and oxygen atoms in total. The normalized spacial score (nSPS) is 11.5. The number of halogens is 1. The maximum Gasteiger partial charge on any atom is 0.280 e. The summed E-state index contributed by atoms with van der Waals surface area (Å²) in [5.41, 5.74) is 3.87. The lowest BCUT2D eigenvalue weighted by molar-refractivity contribution is -0.113. The predicted octanol–water partition coefficient (Wildman–Crippen LogP) is 4.38. The highest BCUT2D eigenvalue weighted by molar-refractivity contribution is 6.02. The number of para-hydroxylation sites is 1. The first-order valence-corrected chi connectivity index (χ1v) is 9.36. The van der Waals surface area contributed by atoms with Crippen LogP contribution < -0.4 is 11.0 Å². The molecule has 1 amide bonds. The Balaban J connectivity index is 1.83. The zero-order chi connectivity index (χ0) is 21.1. The van der Waals surface area contributed by atoms with Crippen LogP contribution in [0.4, 0.5) is 4.39 Å². The SMILES string of the molecule is C/C(=C\c1ccccc1)C(=O)Nn1c(-c2ccccc2F)nc2ccccc2c1=O. The fraction of sp³-hybridized carbons (Fsp3) is 0.0417. The van der Waals surface area contributed by atoms with Gasteiger partial charge in [0.25, 0.3) is 11.5 Å². The van der Waals surface area contributed by atoms with E-state index in [1.54, 1.807) is 49.4 Å². The Morgan fingerprint density at radius 1 is 0.967 bits per heavy atom. The molecule has 0 saturated carbocycles. The summed E-state index contributed by atoms with van der Waals surface area (Å²) in [6, 6.07) is 22.1. The fourth-order valence-corrected chi connectivity index (χ4v) is 3.11. The molecule has 0 saturated heterocycles. The third kappa shape index (κ3) is 3.75. The van der Waals surface area contributed by atoms with Crippen molar-refractivity contribution in [3.63, 3.8) is 0 Å². The van der Waals surface area contributed by atoms with E-state index in [9.17, 15) is 14.0 Å². The molecule has 1 N–H and O–H groups in total. The van der Waals surface area contributed by atoms with Crippen molar-refractivity contribution in [2.75, 3.05) is 5.43 Å². The maximum atomic E-state index is 14.5. The van der Waals surface area contributed by atoms with E-state index in [2.05, 4.69) is 10.4 Å². The number of nitrogens with one attached hydrogen (secondary N) is 1. The van der Waals surface area contributed by atoms with E-state index in [0.717, 1.165) is 10.2 Å². The minimum atomic E-state index is -0.542. The van der Waals surface area contributed by atoms with Gasteiger partial charge in [-0.1, -0.05) is 54.6 Å². The van der Waals surface area contributed by atoms with Gasteiger partial charge in [-0.2, -0.15) is 4.68 Å². The van der Waals surface area contributed by atoms with Gasteiger partial charge in [0, 0.05) is 5.57 Å². The number of aromatic nitrogens is 2. The smallest absolute Gasteiger partial charge is 0.268 e. The van der Waals surface area contributed by atoms with Crippen molar-refractivity contribution in [2.45, 2.75) is 6.92 Å². The van der Waals surface area contributed by atoms with E-state index in [4.69, 9.17) is 0 Å². The van der Waals surface area contributed by atoms with E-state index in [1.165, 1.54) is 12.1 Å². The second-order valence-electron chi connectivity index (χ2n) is 6.75. The summed E-state index contributed by atoms with van der Waals surface area (Å²) in [7, 11) is 0. The Bertz CT molecular complexity index is 1330. The van der Waals surface area contributed by atoms with Crippen LogP contribution in [0.15, 0.2) is 89.2 Å². The van der Waals surface area contributed by atoms with E-state index in [0.29, 0.717) is 16.5 Å². The standard InChI is InChI=1S/C24H18FN3O2/c1-16(15-17-9-3-2-4-10-17)23(29)27-28-22(18-11-5-7-13-20(18)25)26-21-14-8-6-12-19(21)24(28)30/h2-15H,1H3,(H,27,29)/b16-15+. The lowest BCUT2D eigenvalue weighted by atomic mass is 10.1. The highest BCUT2D eigenvalue weighted by atomic mass is 19.1. The van der Waals surface area contributed by atoms with Crippen LogP contribution in [0.1, 0.15) is 12.5 Å². The number of nitrogens with zero attached hydrogens (tertiary/aromatic N) is 2. The molecule has 148 valence electrons. The van der Waals surface area contributed by atoms with Crippen LogP contribution >= 0.6 is 0 Å². The van der Waals surface area contributed by atoms with Gasteiger partial charge in [0.15, 0.2) is 5.82 Å². The first-order valence-electron chi connectivity index (χ1n) is 9.36. The molecule has 0 aliphatic rings. The Hall–Kier alpha value is -4.06. The molecule has 1 heterocycles. The Labute approximate surface area is 172 Å². The van der Waals surface area contributed by atoms with Crippen molar-refractivity contribution in [1.29, 1.82) is 0 Å². The Kier molecular flexibility index (Phi) is 5.22. The van der Waals surface area contributed by atoms with E-state index >= 15 is 0 Å². The number of carbonyl (C=O) groups is 1. The highest BCUT2D eigenvalue weighted by Crippen LogP contribution is 2.21. The van der Waals surface area contributed by atoms with Crippen LogP contribution in [0.25, 0.3) is 28.4 Å². The average molecular weight is 399 g/mol. The second-order valence-corrected chi connectivity index (χ2v) is 6.75. The number of fused-ring (bicyclic) bond motifs is 1. The highest BCUT2D eigenvalue weighted by Gasteiger charge is 2.18. The molecule has 0 spiro atoms. The van der Waals surface area contributed by atoms with Gasteiger partial charge >= 0.3 is 0 Å². The lowest BCUT2D eigenvalue weighted by Gasteiger charge is -2.15. The predicted molar refractivity (Wildman–Crippen MR) is 116 cm³/mol. The third-order valence-electron chi connectivity index (χ3n) is 4.64. The summed E-state index contributed by atoms with van der Waals surface area (Å²) in [5.74, 6) is -1.01. The van der Waals surface area contributed by atoms with Crippen molar-refractivity contribution in [1.82, 2.24) is 9.66 Å². The molecule has 0 unspecified atom stereocenters. The lowest BCUT2D eigenvalue weighted by Crippen LogP contribution is -2.35. The monoisotopic (exact) mass is 399 g/mol. The number of benzene rings is 3. The first-order chi connectivity index (χ1) is 14.5. The van der Waals surface area contributed by atoms with Crippen LogP contribution in [0.3, 0.4) is 0 Å². The molecular formula is C24H18FN3O2. The minimum absolute atomic E-state index is 0.0256. The zero-order valence-electron chi connectivity index (χ0n) is 16.2. The molecule has 4 rings (SSSR count). The zero-order valence-corrected chi connectivity index (χ0v) is 16.2. The number of hydrogen-bond donors (Lipinski definition) is 1. The van der Waals surface area contributed by atoms with Crippen LogP contribution in [0.2, 0.25) is 0 Å². The fourth-order valence-electron chi connectivity index (χ4n) is 3.11. The van der Waals surface area contributed by atoms with Gasteiger partial charge in [0.05, 0.1) is 16.5 Å². The third-order valence-corrected chi connectivity index (χ3v) is 4.64. The van der Waals surface area contributed by atoms with Gasteiger partial charge < -0.3 is 0 Å². The van der Waals surface area contributed by atoms with Gasteiger partial charge in [0.1, 0.15) is 5.82 Å². The quantitative estimate of drug-likeness (QED) is 0.518. The van der Waals surface area contributed by atoms with Crippen molar-refractivity contribution in [3.8, 4) is 11.4 Å². The molecule has 1 aromatic heterocycles. The molecule has 0 radical (unpaired) electrons. The molecular weight excluding hydrogens is 381 g/mol. The summed E-state index contributed by atoms with van der Waals surface area (Å²) in [6.45, 7) is 1.64. The number of rotatable bonds is 4. The molecule has 0 aliphatic heterocycles. The second kappa shape index (κ2) is 8.13. The molecule has 4 aromatic rings. The van der Waals surface area contributed by atoms with Crippen molar-refractivity contribution in [3.05, 3.63) is 106 Å². The van der Waals surface area contributed by atoms with Crippen molar-refractivity contribution < 1.29 is 9.18 Å². The molecule has 0 bridgehead atoms. The van der Waals surface area contributed by atoms with Crippen molar-refractivity contribution in [2.24, 2.45) is 0 Å². The van der Waals surface area contributed by atoms with E-state index in [1.807, 2.05) is 30.3 Å². The number of hydrogen-bond acceptors (Lipinski definition) is 3. The number of carbonyl (C=O) groups excluding carboxylic acids is 1. The maximum absolute atomic E-state index is 14.5. The molecule has 3 aromatic carbocycles. The molecule has 0 aliphatic carbocycles. The summed E-state index contributed by atoms with van der Waals surface area (Å²) in [5, 5.41) is 0.322. The molecule has 0 atom stereocenters. The van der Waals surface area contributed by atoms with E-state index in [-0.39, 0.29) is 11.4 Å². The summed E-state index contributed by atoms with van der Waals surface area (Å²) >= 11 is 0. The van der Waals surface area contributed by atoms with Crippen LogP contribution in [0.5, 0.6) is 0 Å². The van der Waals surface area contributed by atoms with Gasteiger partial charge in [-0.05, 0) is 42.8 Å². The van der Waals surface area contributed by atoms with Gasteiger partial charge in [0.2, 0.25) is 0 Å². The molecule has 30 heavy (non-hydrogen) atoms. The first kappa shape index (κ1) is 19.3. The number of amides is 1. The Morgan fingerprint density at radius 2 is 1.63 bits per heavy atom. The van der Waals surface area contributed by atoms with Gasteiger partial charge in [-0.3, -0.25) is 15.0 Å². The topological polar surface area (TPSA) is 64.0 Å². The largest absolute Gasteiger partial charge is 0.280 e. The molecule has 6 heteroatoms.